The molecule has 132 valence electrons. The average molecular weight is 350 g/mol. The lowest BCUT2D eigenvalue weighted by Crippen LogP contribution is -2.27. The van der Waals surface area contributed by atoms with Crippen LogP contribution in [0.15, 0.2) is 71.5 Å². The lowest BCUT2D eigenvalue weighted by Gasteiger charge is -2.08. The van der Waals surface area contributed by atoms with E-state index < -0.39 is 5.97 Å². The highest BCUT2D eigenvalue weighted by molar-refractivity contribution is 5.69. The molecule has 26 heavy (non-hydrogen) atoms. The van der Waals surface area contributed by atoms with Gasteiger partial charge in [-0.05, 0) is 35.9 Å². The first-order valence-corrected chi connectivity index (χ1v) is 8.08. The van der Waals surface area contributed by atoms with E-state index in [4.69, 9.17) is 9.47 Å². The van der Waals surface area contributed by atoms with Crippen molar-refractivity contribution >= 4 is 5.97 Å². The van der Waals surface area contributed by atoms with Crippen LogP contribution in [0, 0.1) is 0 Å². The molecule has 0 amide bonds. The lowest BCUT2D eigenvalue weighted by molar-refractivity contribution is -0.146. The molecule has 6 heteroatoms. The molecule has 0 saturated heterocycles. The minimum Gasteiger partial charge on any atom is -0.497 e. The number of nitrogens with zero attached hydrogens (tertiary/aromatic N) is 2. The number of ether oxygens (including phenoxy) is 2. The maximum absolute atomic E-state index is 12.0. The van der Waals surface area contributed by atoms with Crippen molar-refractivity contribution in [1.82, 2.24) is 9.78 Å². The van der Waals surface area contributed by atoms with E-state index in [1.165, 1.54) is 6.07 Å². The number of benzene rings is 2. The van der Waals surface area contributed by atoms with Crippen LogP contribution in [0.3, 0.4) is 0 Å². The van der Waals surface area contributed by atoms with Crippen LogP contribution < -0.4 is 10.3 Å². The molecule has 0 bridgehead atoms. The molecule has 0 N–H and O–H groups in total. The van der Waals surface area contributed by atoms with Crippen molar-refractivity contribution in [1.29, 1.82) is 0 Å². The quantitative estimate of drug-likeness (QED) is 0.639. The first-order valence-electron chi connectivity index (χ1n) is 8.08. The fourth-order valence-electron chi connectivity index (χ4n) is 2.38. The van der Waals surface area contributed by atoms with Gasteiger partial charge in [-0.3, -0.25) is 9.59 Å². The molecule has 0 aliphatic rings. The van der Waals surface area contributed by atoms with Crippen molar-refractivity contribution in [2.24, 2.45) is 0 Å². The molecule has 0 atom stereocenters. The first-order chi connectivity index (χ1) is 12.7. The molecule has 3 aromatic rings. The van der Waals surface area contributed by atoms with Gasteiger partial charge in [0.25, 0.3) is 5.56 Å². The Balaban J connectivity index is 1.71. The van der Waals surface area contributed by atoms with Gasteiger partial charge in [0, 0.05) is 11.6 Å². The molecule has 0 unspecified atom stereocenters. The Bertz CT molecular complexity index is 934. The van der Waals surface area contributed by atoms with Gasteiger partial charge in [0.15, 0.2) is 0 Å². The van der Waals surface area contributed by atoms with Gasteiger partial charge >= 0.3 is 5.97 Å². The molecule has 2 aromatic carbocycles. The highest BCUT2D eigenvalue weighted by atomic mass is 16.5. The average Bonchev–Trinajstić information content (AvgIpc) is 2.69. The van der Waals surface area contributed by atoms with E-state index in [0.29, 0.717) is 5.69 Å². The second kappa shape index (κ2) is 8.11. The molecule has 0 aliphatic carbocycles. The summed E-state index contributed by atoms with van der Waals surface area (Å²) >= 11 is 0. The minimum absolute atomic E-state index is 0.159. The number of carbonyl (C=O) groups excluding carboxylic acids is 1. The third kappa shape index (κ3) is 4.36. The van der Waals surface area contributed by atoms with Gasteiger partial charge in [-0.15, -0.1) is 0 Å². The molecule has 0 saturated carbocycles. The predicted octanol–water partition coefficient (Wildman–Crippen LogP) is 2.66. The molecule has 1 heterocycles. The van der Waals surface area contributed by atoms with Crippen LogP contribution in [0.2, 0.25) is 0 Å². The Hall–Kier alpha value is -3.41. The van der Waals surface area contributed by atoms with Gasteiger partial charge in [0.1, 0.15) is 18.9 Å². The van der Waals surface area contributed by atoms with Crippen molar-refractivity contribution in [3.8, 4) is 17.0 Å². The Kier molecular flexibility index (Phi) is 5.43. The van der Waals surface area contributed by atoms with E-state index in [9.17, 15) is 9.59 Å². The highest BCUT2D eigenvalue weighted by Crippen LogP contribution is 2.19. The van der Waals surface area contributed by atoms with E-state index in [1.807, 2.05) is 42.5 Å². The molecule has 1 aromatic heterocycles. The van der Waals surface area contributed by atoms with Gasteiger partial charge in [-0.2, -0.15) is 5.10 Å². The summed E-state index contributed by atoms with van der Waals surface area (Å²) in [6.07, 6.45) is 0. The van der Waals surface area contributed by atoms with Gasteiger partial charge in [0.2, 0.25) is 0 Å². The Morgan fingerprint density at radius 1 is 1.00 bits per heavy atom. The topological polar surface area (TPSA) is 70.4 Å². The molecule has 0 radical (unpaired) electrons. The molecular formula is C20H18N2O4. The molecule has 3 rings (SSSR count). The fourth-order valence-corrected chi connectivity index (χ4v) is 2.38. The van der Waals surface area contributed by atoms with Crippen LogP contribution in [-0.4, -0.2) is 22.9 Å². The largest absolute Gasteiger partial charge is 0.497 e. The molecule has 6 nitrogen and oxygen atoms in total. The zero-order chi connectivity index (χ0) is 18.4. The number of aromatic nitrogens is 2. The maximum atomic E-state index is 12.0. The smallest absolute Gasteiger partial charge is 0.328 e. The Morgan fingerprint density at radius 3 is 2.42 bits per heavy atom. The number of carbonyl (C=O) groups is 1. The van der Waals surface area contributed by atoms with Gasteiger partial charge < -0.3 is 9.47 Å². The second-order valence-electron chi connectivity index (χ2n) is 5.59. The second-order valence-corrected chi connectivity index (χ2v) is 5.59. The molecule has 0 aliphatic heterocycles. The zero-order valence-corrected chi connectivity index (χ0v) is 14.3. The van der Waals surface area contributed by atoms with Crippen LogP contribution in [0.5, 0.6) is 5.75 Å². The van der Waals surface area contributed by atoms with E-state index >= 15 is 0 Å². The summed E-state index contributed by atoms with van der Waals surface area (Å²) in [6, 6.07) is 19.6. The summed E-state index contributed by atoms with van der Waals surface area (Å²) < 4.78 is 11.4. The monoisotopic (exact) mass is 350 g/mol. The van der Waals surface area contributed by atoms with Crippen molar-refractivity contribution < 1.29 is 14.3 Å². The van der Waals surface area contributed by atoms with E-state index in [-0.39, 0.29) is 18.7 Å². The number of rotatable bonds is 6. The normalized spacial score (nSPS) is 10.3. The SMILES string of the molecule is COc1ccc(-c2ccc(=O)n(CC(=O)OCc3ccccc3)n2)cc1. The van der Waals surface area contributed by atoms with Crippen LogP contribution in [0.1, 0.15) is 5.56 Å². The molecular weight excluding hydrogens is 332 g/mol. The number of hydrogen-bond acceptors (Lipinski definition) is 5. The summed E-state index contributed by atoms with van der Waals surface area (Å²) in [5, 5.41) is 4.26. The van der Waals surface area contributed by atoms with Crippen LogP contribution in [0.25, 0.3) is 11.3 Å². The third-order valence-electron chi connectivity index (χ3n) is 3.77. The Labute approximate surface area is 150 Å². The zero-order valence-electron chi connectivity index (χ0n) is 14.3. The summed E-state index contributed by atoms with van der Waals surface area (Å²) in [7, 11) is 1.59. The van der Waals surface area contributed by atoms with Gasteiger partial charge in [0.05, 0.1) is 12.8 Å². The van der Waals surface area contributed by atoms with Crippen molar-refractivity contribution in [3.63, 3.8) is 0 Å². The Morgan fingerprint density at radius 2 is 1.73 bits per heavy atom. The van der Waals surface area contributed by atoms with E-state index in [1.54, 1.807) is 25.3 Å². The summed E-state index contributed by atoms with van der Waals surface area (Å²) in [5.41, 5.74) is 1.92. The first kappa shape index (κ1) is 17.4. The number of esters is 1. The highest BCUT2D eigenvalue weighted by Gasteiger charge is 2.09. The lowest BCUT2D eigenvalue weighted by atomic mass is 10.1. The third-order valence-corrected chi connectivity index (χ3v) is 3.77. The van der Waals surface area contributed by atoms with Crippen LogP contribution >= 0.6 is 0 Å². The molecule has 0 fully saturated rings. The fraction of sp³-hybridized carbons (Fsp3) is 0.150. The van der Waals surface area contributed by atoms with Crippen molar-refractivity contribution in [3.05, 3.63) is 82.6 Å². The van der Waals surface area contributed by atoms with Crippen LogP contribution in [0.4, 0.5) is 0 Å². The molecule has 0 spiro atoms. The van der Waals surface area contributed by atoms with E-state index in [0.717, 1.165) is 21.6 Å². The van der Waals surface area contributed by atoms with E-state index in [2.05, 4.69) is 5.10 Å². The summed E-state index contributed by atoms with van der Waals surface area (Å²) in [5.74, 6) is 0.210. The predicted molar refractivity (Wildman–Crippen MR) is 96.7 cm³/mol. The van der Waals surface area contributed by atoms with Gasteiger partial charge in [-0.1, -0.05) is 30.3 Å². The summed E-state index contributed by atoms with van der Waals surface area (Å²) in [6.45, 7) is -0.0811. The minimum atomic E-state index is -0.518. The number of methoxy groups -OCH3 is 1. The maximum Gasteiger partial charge on any atom is 0.328 e. The van der Waals surface area contributed by atoms with Gasteiger partial charge in [-0.25, -0.2) is 4.68 Å². The van der Waals surface area contributed by atoms with Crippen molar-refractivity contribution in [2.75, 3.05) is 7.11 Å². The standard InChI is InChI=1S/C20H18N2O4/c1-25-17-9-7-16(8-10-17)18-11-12-19(23)22(21-18)13-20(24)26-14-15-5-3-2-4-6-15/h2-12H,13-14H2,1H3. The van der Waals surface area contributed by atoms with Crippen molar-refractivity contribution in [2.45, 2.75) is 13.2 Å². The number of hydrogen-bond donors (Lipinski definition) is 0. The summed E-state index contributed by atoms with van der Waals surface area (Å²) in [4.78, 5) is 24.0. The van der Waals surface area contributed by atoms with Crippen LogP contribution in [-0.2, 0) is 22.7 Å².